The van der Waals surface area contributed by atoms with Gasteiger partial charge in [0, 0.05) is 18.4 Å². The van der Waals surface area contributed by atoms with Gasteiger partial charge in [-0.15, -0.1) is 0 Å². The van der Waals surface area contributed by atoms with Crippen molar-refractivity contribution in [2.75, 3.05) is 12.3 Å². The van der Waals surface area contributed by atoms with E-state index in [9.17, 15) is 4.79 Å². The van der Waals surface area contributed by atoms with Crippen molar-refractivity contribution in [2.45, 2.75) is 20.8 Å². The van der Waals surface area contributed by atoms with Gasteiger partial charge in [0.1, 0.15) is 0 Å². The minimum absolute atomic E-state index is 0.148. The first-order valence-electron chi connectivity index (χ1n) is 7.17. The summed E-state index contributed by atoms with van der Waals surface area (Å²) in [6, 6.07) is 9.09. The van der Waals surface area contributed by atoms with Gasteiger partial charge in [-0.25, -0.2) is 4.68 Å². The number of aromatic nitrogens is 2. The van der Waals surface area contributed by atoms with Crippen LogP contribution >= 0.6 is 0 Å². The average molecular weight is 286 g/mol. The molecule has 0 aliphatic heterocycles. The summed E-state index contributed by atoms with van der Waals surface area (Å²) in [4.78, 5) is 12.1. The molecule has 21 heavy (non-hydrogen) atoms. The first-order valence-corrected chi connectivity index (χ1v) is 7.17. The third-order valence-electron chi connectivity index (χ3n) is 3.68. The van der Waals surface area contributed by atoms with Crippen molar-refractivity contribution in [3.63, 3.8) is 0 Å². The number of nitrogen functional groups attached to an aromatic ring is 1. The zero-order valence-electron chi connectivity index (χ0n) is 12.7. The lowest BCUT2D eigenvalue weighted by Gasteiger charge is -2.15. The van der Waals surface area contributed by atoms with Crippen LogP contribution in [0.3, 0.4) is 0 Å². The molecule has 0 spiro atoms. The maximum atomic E-state index is 12.1. The molecule has 1 amide bonds. The summed E-state index contributed by atoms with van der Waals surface area (Å²) in [6.45, 7) is 7.06. The van der Waals surface area contributed by atoms with Gasteiger partial charge in [-0.3, -0.25) is 4.79 Å². The number of nitrogens with zero attached hydrogens (tertiary/aromatic N) is 2. The standard InChI is InChI=1S/C16H22N4O/c1-11(2)12(3)10-18-16(21)15-7-8-20(19-15)14-6-4-5-13(17)9-14/h4-9,11-12H,10,17H2,1-3H3,(H,18,21). The first-order chi connectivity index (χ1) is 9.97. The van der Waals surface area contributed by atoms with Gasteiger partial charge in [-0.05, 0) is 36.1 Å². The second-order valence-electron chi connectivity index (χ2n) is 5.67. The largest absolute Gasteiger partial charge is 0.399 e. The molecule has 5 heteroatoms. The van der Waals surface area contributed by atoms with E-state index in [0.717, 1.165) is 5.69 Å². The SMILES string of the molecule is CC(C)C(C)CNC(=O)c1ccn(-c2cccc(N)c2)n1. The van der Waals surface area contributed by atoms with Gasteiger partial charge in [0.05, 0.1) is 5.69 Å². The average Bonchev–Trinajstić information content (AvgIpc) is 2.94. The number of rotatable bonds is 5. The van der Waals surface area contributed by atoms with E-state index in [1.165, 1.54) is 0 Å². The molecule has 112 valence electrons. The van der Waals surface area contributed by atoms with Crippen LogP contribution in [0.5, 0.6) is 0 Å². The molecule has 1 aromatic carbocycles. The topological polar surface area (TPSA) is 72.9 Å². The maximum absolute atomic E-state index is 12.1. The van der Waals surface area contributed by atoms with Gasteiger partial charge in [-0.2, -0.15) is 5.10 Å². The van der Waals surface area contributed by atoms with E-state index in [2.05, 4.69) is 31.2 Å². The zero-order valence-corrected chi connectivity index (χ0v) is 12.7. The Morgan fingerprint density at radius 2 is 2.10 bits per heavy atom. The van der Waals surface area contributed by atoms with Crippen molar-refractivity contribution in [2.24, 2.45) is 11.8 Å². The van der Waals surface area contributed by atoms with Gasteiger partial charge >= 0.3 is 0 Å². The minimum Gasteiger partial charge on any atom is -0.399 e. The Morgan fingerprint density at radius 1 is 1.33 bits per heavy atom. The molecule has 1 aromatic heterocycles. The molecular formula is C16H22N4O. The molecule has 1 atom stereocenters. The molecule has 2 rings (SSSR count). The van der Waals surface area contributed by atoms with Crippen LogP contribution in [-0.2, 0) is 0 Å². The predicted molar refractivity (Wildman–Crippen MR) is 84.3 cm³/mol. The van der Waals surface area contributed by atoms with Crippen LogP contribution in [0.25, 0.3) is 5.69 Å². The van der Waals surface area contributed by atoms with Gasteiger partial charge in [0.15, 0.2) is 5.69 Å². The van der Waals surface area contributed by atoms with E-state index in [1.54, 1.807) is 16.9 Å². The van der Waals surface area contributed by atoms with E-state index in [0.29, 0.717) is 29.8 Å². The molecule has 0 radical (unpaired) electrons. The Labute approximate surface area is 125 Å². The van der Waals surface area contributed by atoms with Crippen LogP contribution in [0.4, 0.5) is 5.69 Å². The fourth-order valence-corrected chi connectivity index (χ4v) is 1.84. The molecule has 0 aliphatic rings. The summed E-state index contributed by atoms with van der Waals surface area (Å²) in [5.41, 5.74) is 7.67. The van der Waals surface area contributed by atoms with Crippen LogP contribution in [0.15, 0.2) is 36.5 Å². The highest BCUT2D eigenvalue weighted by molar-refractivity contribution is 5.92. The first kappa shape index (κ1) is 15.1. The van der Waals surface area contributed by atoms with E-state index in [1.807, 2.05) is 24.3 Å². The highest BCUT2D eigenvalue weighted by atomic mass is 16.1. The number of benzene rings is 1. The molecule has 0 saturated carbocycles. The summed E-state index contributed by atoms with van der Waals surface area (Å²) < 4.78 is 1.65. The second-order valence-corrected chi connectivity index (χ2v) is 5.67. The second kappa shape index (κ2) is 6.43. The van der Waals surface area contributed by atoms with Gasteiger partial charge in [0.2, 0.25) is 0 Å². The number of anilines is 1. The Morgan fingerprint density at radius 3 is 2.76 bits per heavy atom. The highest BCUT2D eigenvalue weighted by Crippen LogP contribution is 2.12. The molecule has 0 aliphatic carbocycles. The van der Waals surface area contributed by atoms with E-state index in [4.69, 9.17) is 5.73 Å². The number of hydrogen-bond donors (Lipinski definition) is 2. The van der Waals surface area contributed by atoms with E-state index >= 15 is 0 Å². The van der Waals surface area contributed by atoms with Gasteiger partial charge < -0.3 is 11.1 Å². The molecule has 1 heterocycles. The molecule has 0 fully saturated rings. The van der Waals surface area contributed by atoms with Crippen molar-refractivity contribution in [1.29, 1.82) is 0 Å². The highest BCUT2D eigenvalue weighted by Gasteiger charge is 2.13. The summed E-state index contributed by atoms with van der Waals surface area (Å²) >= 11 is 0. The van der Waals surface area contributed by atoms with Crippen LogP contribution in [0.1, 0.15) is 31.3 Å². The van der Waals surface area contributed by atoms with Gasteiger partial charge in [-0.1, -0.05) is 26.8 Å². The lowest BCUT2D eigenvalue weighted by atomic mass is 9.98. The number of nitrogens with one attached hydrogen (secondary N) is 1. The lowest BCUT2D eigenvalue weighted by molar-refractivity contribution is 0.0939. The number of carbonyl (C=O) groups is 1. The van der Waals surface area contributed by atoms with Gasteiger partial charge in [0.25, 0.3) is 5.91 Å². The molecule has 3 N–H and O–H groups in total. The van der Waals surface area contributed by atoms with E-state index < -0.39 is 0 Å². The molecule has 2 aromatic rings. The maximum Gasteiger partial charge on any atom is 0.271 e. The van der Waals surface area contributed by atoms with Crippen LogP contribution in [0, 0.1) is 11.8 Å². The number of hydrogen-bond acceptors (Lipinski definition) is 3. The molecule has 1 unspecified atom stereocenters. The number of carbonyl (C=O) groups excluding carboxylic acids is 1. The Balaban J connectivity index is 2.04. The van der Waals surface area contributed by atoms with Crippen LogP contribution in [-0.4, -0.2) is 22.2 Å². The van der Waals surface area contributed by atoms with E-state index in [-0.39, 0.29) is 5.91 Å². The normalized spacial score (nSPS) is 12.4. The minimum atomic E-state index is -0.148. The summed E-state index contributed by atoms with van der Waals surface area (Å²) in [5.74, 6) is 0.824. The third-order valence-corrected chi connectivity index (χ3v) is 3.68. The Hall–Kier alpha value is -2.30. The molecule has 5 nitrogen and oxygen atoms in total. The summed E-state index contributed by atoms with van der Waals surface area (Å²) in [5, 5.41) is 7.21. The monoisotopic (exact) mass is 286 g/mol. The Kier molecular flexibility index (Phi) is 4.62. The van der Waals surface area contributed by atoms with Crippen molar-refractivity contribution in [3.8, 4) is 5.69 Å². The molecule has 0 bridgehead atoms. The fourth-order valence-electron chi connectivity index (χ4n) is 1.84. The smallest absolute Gasteiger partial charge is 0.271 e. The van der Waals surface area contributed by atoms with Crippen LogP contribution in [0.2, 0.25) is 0 Å². The zero-order chi connectivity index (χ0) is 15.4. The molecule has 0 saturated heterocycles. The Bertz CT molecular complexity index is 618. The third kappa shape index (κ3) is 3.84. The summed E-state index contributed by atoms with van der Waals surface area (Å²) in [6.07, 6.45) is 1.76. The predicted octanol–water partition coefficient (Wildman–Crippen LogP) is 2.48. The van der Waals surface area contributed by atoms with Crippen molar-refractivity contribution in [3.05, 3.63) is 42.2 Å². The summed E-state index contributed by atoms with van der Waals surface area (Å²) in [7, 11) is 0. The lowest BCUT2D eigenvalue weighted by Crippen LogP contribution is -2.30. The van der Waals surface area contributed by atoms with Crippen molar-refractivity contribution < 1.29 is 4.79 Å². The molecular weight excluding hydrogens is 264 g/mol. The number of nitrogens with two attached hydrogens (primary N) is 1. The number of amides is 1. The fraction of sp³-hybridized carbons (Fsp3) is 0.375. The van der Waals surface area contributed by atoms with Crippen molar-refractivity contribution >= 4 is 11.6 Å². The quantitative estimate of drug-likeness (QED) is 0.829. The van der Waals surface area contributed by atoms with Crippen LogP contribution < -0.4 is 11.1 Å². The van der Waals surface area contributed by atoms with Crippen molar-refractivity contribution in [1.82, 2.24) is 15.1 Å².